The number of carbonyl (C=O) groups is 2. The number of aliphatic carboxylic acids is 1. The van der Waals surface area contributed by atoms with Crippen LogP contribution in [0.25, 0.3) is 11.1 Å². The fourth-order valence-corrected chi connectivity index (χ4v) is 4.51. The lowest BCUT2D eigenvalue weighted by Gasteiger charge is -2.21. The average Bonchev–Trinajstić information content (AvgIpc) is 3.10. The lowest BCUT2D eigenvalue weighted by molar-refractivity contribution is -0.137. The van der Waals surface area contributed by atoms with Crippen LogP contribution >= 0.6 is 11.6 Å². The van der Waals surface area contributed by atoms with Crippen molar-refractivity contribution in [3.63, 3.8) is 0 Å². The summed E-state index contributed by atoms with van der Waals surface area (Å²) >= 11 is 6.30. The van der Waals surface area contributed by atoms with E-state index in [-0.39, 0.29) is 18.9 Å². The summed E-state index contributed by atoms with van der Waals surface area (Å²) in [5.74, 6) is -0.792. The van der Waals surface area contributed by atoms with Gasteiger partial charge in [-0.3, -0.25) is 4.79 Å². The maximum atomic E-state index is 12.7. The Balaban J connectivity index is 1.52. The van der Waals surface area contributed by atoms with E-state index in [4.69, 9.17) is 21.1 Å². The maximum Gasteiger partial charge on any atom is 0.407 e. The summed E-state index contributed by atoms with van der Waals surface area (Å²) in [5.41, 5.74) is 4.84. The number of carbonyl (C=O) groups excluding carboxylic acids is 1. The van der Waals surface area contributed by atoms with E-state index in [0.717, 1.165) is 22.3 Å². The van der Waals surface area contributed by atoms with Gasteiger partial charge in [-0.05, 0) is 34.4 Å². The molecule has 0 spiro atoms. The van der Waals surface area contributed by atoms with Crippen LogP contribution in [0.4, 0.5) is 4.79 Å². The van der Waals surface area contributed by atoms with Crippen molar-refractivity contribution in [3.05, 3.63) is 88.4 Å². The Labute approximate surface area is 190 Å². The number of nitrogens with one attached hydrogen (secondary N) is 1. The molecule has 1 atom stereocenters. The average molecular weight is 452 g/mol. The van der Waals surface area contributed by atoms with E-state index in [1.807, 2.05) is 36.4 Å². The summed E-state index contributed by atoms with van der Waals surface area (Å²) in [7, 11) is 1.46. The quantitative estimate of drug-likeness (QED) is 0.502. The highest BCUT2D eigenvalue weighted by atomic mass is 35.5. The summed E-state index contributed by atoms with van der Waals surface area (Å²) in [6.07, 6.45) is -1.09. The number of benzene rings is 3. The molecule has 0 bridgehead atoms. The zero-order chi connectivity index (χ0) is 22.7. The Morgan fingerprint density at radius 2 is 1.62 bits per heavy atom. The van der Waals surface area contributed by atoms with Crippen molar-refractivity contribution in [1.29, 1.82) is 0 Å². The summed E-state index contributed by atoms with van der Waals surface area (Å²) in [6.45, 7) is 0.124. The van der Waals surface area contributed by atoms with Gasteiger partial charge in [0.25, 0.3) is 0 Å². The minimum Gasteiger partial charge on any atom is -0.496 e. The van der Waals surface area contributed by atoms with E-state index in [1.54, 1.807) is 18.2 Å². The van der Waals surface area contributed by atoms with Crippen LogP contribution in [0.2, 0.25) is 5.02 Å². The third-order valence-electron chi connectivity index (χ3n) is 5.60. The molecule has 0 radical (unpaired) electrons. The van der Waals surface area contributed by atoms with Crippen LogP contribution in [0.15, 0.2) is 66.7 Å². The van der Waals surface area contributed by atoms with Gasteiger partial charge in [0.05, 0.1) is 19.6 Å². The molecular formula is C25H22ClNO5. The molecule has 7 heteroatoms. The highest BCUT2D eigenvalue weighted by Crippen LogP contribution is 2.44. The molecule has 2 N–H and O–H groups in total. The standard InChI is InChI=1S/C25H22ClNO5/c1-31-22-12-6-11-20(26)24(22)21(13-23(28)29)27-25(30)32-14-19-17-9-4-2-7-15(17)16-8-3-5-10-18(16)19/h2-12,19,21H,13-14H2,1H3,(H,27,30)(H,28,29)/t21-/m0/s1. The highest BCUT2D eigenvalue weighted by Gasteiger charge is 2.30. The molecule has 0 fully saturated rings. The number of hydrogen-bond acceptors (Lipinski definition) is 4. The number of alkyl carbamates (subject to hydrolysis) is 1. The predicted octanol–water partition coefficient (Wildman–Crippen LogP) is 5.40. The number of methoxy groups -OCH3 is 1. The van der Waals surface area contributed by atoms with Crippen molar-refractivity contribution in [3.8, 4) is 16.9 Å². The SMILES string of the molecule is COc1cccc(Cl)c1[C@H](CC(=O)O)NC(=O)OCC1c2ccccc2-c2ccccc21. The first-order chi connectivity index (χ1) is 15.5. The van der Waals surface area contributed by atoms with Crippen LogP contribution < -0.4 is 10.1 Å². The number of carboxylic acids is 1. The number of halogens is 1. The molecule has 0 aliphatic heterocycles. The van der Waals surface area contributed by atoms with Gasteiger partial charge in [-0.1, -0.05) is 66.2 Å². The van der Waals surface area contributed by atoms with Crippen LogP contribution in [0.5, 0.6) is 5.75 Å². The van der Waals surface area contributed by atoms with Gasteiger partial charge in [0.2, 0.25) is 0 Å². The molecule has 1 aliphatic carbocycles. The van der Waals surface area contributed by atoms with E-state index in [9.17, 15) is 14.7 Å². The molecule has 1 aliphatic rings. The summed E-state index contributed by atoms with van der Waals surface area (Å²) in [6, 6.07) is 20.1. The second-order valence-corrected chi connectivity index (χ2v) is 7.88. The minimum absolute atomic E-state index is 0.0964. The number of rotatable bonds is 7. The first-order valence-corrected chi connectivity index (χ1v) is 10.5. The molecule has 0 unspecified atom stereocenters. The van der Waals surface area contributed by atoms with Gasteiger partial charge in [-0.2, -0.15) is 0 Å². The third-order valence-corrected chi connectivity index (χ3v) is 5.93. The van der Waals surface area contributed by atoms with E-state index < -0.39 is 18.1 Å². The fourth-order valence-electron chi connectivity index (χ4n) is 4.22. The van der Waals surface area contributed by atoms with Gasteiger partial charge >= 0.3 is 12.1 Å². The Hall–Kier alpha value is -3.51. The van der Waals surface area contributed by atoms with Crippen LogP contribution in [-0.2, 0) is 9.53 Å². The largest absolute Gasteiger partial charge is 0.496 e. The van der Waals surface area contributed by atoms with Crippen molar-refractivity contribution in [1.82, 2.24) is 5.32 Å². The minimum atomic E-state index is -1.09. The predicted molar refractivity (Wildman–Crippen MR) is 121 cm³/mol. The first-order valence-electron chi connectivity index (χ1n) is 10.1. The van der Waals surface area contributed by atoms with E-state index in [2.05, 4.69) is 17.4 Å². The molecule has 3 aromatic carbocycles. The molecule has 32 heavy (non-hydrogen) atoms. The number of fused-ring (bicyclic) bond motifs is 3. The summed E-state index contributed by atoms with van der Waals surface area (Å²) in [5, 5.41) is 12.3. The van der Waals surface area contributed by atoms with Crippen molar-refractivity contribution < 1.29 is 24.2 Å². The van der Waals surface area contributed by atoms with Gasteiger partial charge in [-0.25, -0.2) is 4.79 Å². The molecule has 6 nitrogen and oxygen atoms in total. The van der Waals surface area contributed by atoms with Crippen molar-refractivity contribution >= 4 is 23.7 Å². The van der Waals surface area contributed by atoms with Crippen molar-refractivity contribution in [2.75, 3.05) is 13.7 Å². The lowest BCUT2D eigenvalue weighted by Crippen LogP contribution is -2.32. The summed E-state index contributed by atoms with van der Waals surface area (Å²) in [4.78, 5) is 24.1. The smallest absolute Gasteiger partial charge is 0.407 e. The monoisotopic (exact) mass is 451 g/mol. The van der Waals surface area contributed by atoms with E-state index in [1.165, 1.54) is 7.11 Å². The first kappa shape index (κ1) is 21.7. The number of amides is 1. The Morgan fingerprint density at radius 3 is 2.22 bits per heavy atom. The summed E-state index contributed by atoms with van der Waals surface area (Å²) < 4.78 is 10.9. The van der Waals surface area contributed by atoms with Gasteiger partial charge in [0.1, 0.15) is 12.4 Å². The Kier molecular flexibility index (Phi) is 6.32. The molecule has 0 aromatic heterocycles. The zero-order valence-corrected chi connectivity index (χ0v) is 18.1. The fraction of sp³-hybridized carbons (Fsp3) is 0.200. The van der Waals surface area contributed by atoms with Gasteiger partial charge in [0, 0.05) is 16.5 Å². The maximum absolute atomic E-state index is 12.7. The van der Waals surface area contributed by atoms with Crippen molar-refractivity contribution in [2.24, 2.45) is 0 Å². The van der Waals surface area contributed by atoms with Crippen LogP contribution in [0.1, 0.15) is 35.1 Å². The Bertz CT molecular complexity index is 1120. The molecule has 1 amide bonds. The third kappa shape index (κ3) is 4.27. The second kappa shape index (κ2) is 9.32. The molecule has 0 saturated heterocycles. The number of ether oxygens (including phenoxy) is 2. The topological polar surface area (TPSA) is 84.9 Å². The number of carboxylic acid groups (broad SMARTS) is 1. The molecule has 0 heterocycles. The van der Waals surface area contributed by atoms with Crippen LogP contribution in [0, 0.1) is 0 Å². The Morgan fingerprint density at radius 1 is 1.00 bits per heavy atom. The zero-order valence-electron chi connectivity index (χ0n) is 17.4. The molecular weight excluding hydrogens is 430 g/mol. The molecule has 164 valence electrons. The second-order valence-electron chi connectivity index (χ2n) is 7.48. The van der Waals surface area contributed by atoms with Gasteiger partial charge in [-0.15, -0.1) is 0 Å². The lowest BCUT2D eigenvalue weighted by atomic mass is 9.98. The van der Waals surface area contributed by atoms with Gasteiger partial charge < -0.3 is 19.9 Å². The normalized spacial score (nSPS) is 13.1. The molecule has 0 saturated carbocycles. The van der Waals surface area contributed by atoms with Crippen molar-refractivity contribution in [2.45, 2.75) is 18.4 Å². The van der Waals surface area contributed by atoms with Crippen LogP contribution in [0.3, 0.4) is 0 Å². The van der Waals surface area contributed by atoms with Gasteiger partial charge in [0.15, 0.2) is 0 Å². The highest BCUT2D eigenvalue weighted by molar-refractivity contribution is 6.31. The van der Waals surface area contributed by atoms with E-state index >= 15 is 0 Å². The molecule has 3 aromatic rings. The molecule has 4 rings (SSSR count). The number of hydrogen-bond donors (Lipinski definition) is 2. The van der Waals surface area contributed by atoms with Crippen LogP contribution in [-0.4, -0.2) is 30.9 Å². The van der Waals surface area contributed by atoms with E-state index in [0.29, 0.717) is 16.3 Å².